The quantitative estimate of drug-likeness (QED) is 0.414. The summed E-state index contributed by atoms with van der Waals surface area (Å²) in [5.74, 6) is -3.29. The van der Waals surface area contributed by atoms with Gasteiger partial charge in [-0.25, -0.2) is 0 Å². The lowest BCUT2D eigenvalue weighted by Gasteiger charge is -2.17. The lowest BCUT2D eigenvalue weighted by atomic mass is 9.90. The predicted molar refractivity (Wildman–Crippen MR) is 117 cm³/mol. The fourth-order valence-electron chi connectivity index (χ4n) is 3.44. The highest BCUT2D eigenvalue weighted by molar-refractivity contribution is 5.87. The molecule has 0 saturated heterocycles. The molecule has 1 amide bonds. The second-order valence-corrected chi connectivity index (χ2v) is 7.97. The number of carbonyl (C=O) groups excluding carboxylic acids is 2. The molecule has 0 bridgehead atoms. The van der Waals surface area contributed by atoms with Gasteiger partial charge in [-0.15, -0.1) is 13.2 Å². The first-order valence-corrected chi connectivity index (χ1v) is 10.8. The van der Waals surface area contributed by atoms with Crippen molar-refractivity contribution in [3.63, 3.8) is 0 Å². The van der Waals surface area contributed by atoms with Gasteiger partial charge in [0.2, 0.25) is 5.91 Å². The molecular weight excluding hydrogens is 453 g/mol. The van der Waals surface area contributed by atoms with Crippen LogP contribution in [0.1, 0.15) is 54.8 Å². The third-order valence-corrected chi connectivity index (χ3v) is 5.00. The number of rotatable bonds is 13. The van der Waals surface area contributed by atoms with Gasteiger partial charge in [-0.1, -0.05) is 12.1 Å². The molecule has 1 unspecified atom stereocenters. The summed E-state index contributed by atoms with van der Waals surface area (Å²) in [5, 5.41) is 11.7. The first-order valence-electron chi connectivity index (χ1n) is 10.8. The Labute approximate surface area is 195 Å². The SMILES string of the molecule is Cc1ccnc(CCCCC(=O)NCC(=O)CC(CC(=O)O)c2cccc(OC(F)(F)F)c2)c1. The summed E-state index contributed by atoms with van der Waals surface area (Å²) in [5.41, 5.74) is 2.29. The number of amides is 1. The van der Waals surface area contributed by atoms with E-state index in [1.54, 1.807) is 6.20 Å². The highest BCUT2D eigenvalue weighted by Crippen LogP contribution is 2.29. The molecule has 184 valence electrons. The second kappa shape index (κ2) is 12.7. The van der Waals surface area contributed by atoms with Crippen LogP contribution in [-0.2, 0) is 20.8 Å². The van der Waals surface area contributed by atoms with Gasteiger partial charge >= 0.3 is 12.3 Å². The van der Waals surface area contributed by atoms with Crippen molar-refractivity contribution in [2.45, 2.75) is 57.7 Å². The maximum atomic E-state index is 12.5. The minimum absolute atomic E-state index is 0.230. The lowest BCUT2D eigenvalue weighted by molar-refractivity contribution is -0.274. The van der Waals surface area contributed by atoms with Crippen LogP contribution in [0.5, 0.6) is 5.75 Å². The van der Waals surface area contributed by atoms with E-state index in [1.807, 2.05) is 19.1 Å². The van der Waals surface area contributed by atoms with Crippen LogP contribution in [0, 0.1) is 6.92 Å². The maximum absolute atomic E-state index is 12.5. The third kappa shape index (κ3) is 10.5. The van der Waals surface area contributed by atoms with Gasteiger partial charge in [-0.05, 0) is 61.6 Å². The Morgan fingerprint density at radius 3 is 2.56 bits per heavy atom. The minimum atomic E-state index is -4.89. The van der Waals surface area contributed by atoms with Crippen LogP contribution in [0.15, 0.2) is 42.6 Å². The molecule has 0 saturated carbocycles. The molecule has 1 aromatic heterocycles. The van der Waals surface area contributed by atoms with Crippen molar-refractivity contribution in [3.8, 4) is 5.75 Å². The van der Waals surface area contributed by atoms with E-state index in [-0.39, 0.29) is 30.9 Å². The topological polar surface area (TPSA) is 106 Å². The average Bonchev–Trinajstić information content (AvgIpc) is 2.73. The summed E-state index contributed by atoms with van der Waals surface area (Å²) < 4.78 is 41.3. The monoisotopic (exact) mass is 480 g/mol. The van der Waals surface area contributed by atoms with Gasteiger partial charge in [0.15, 0.2) is 5.78 Å². The number of ketones is 1. The van der Waals surface area contributed by atoms with Crippen molar-refractivity contribution in [2.24, 2.45) is 0 Å². The first kappa shape index (κ1) is 26.8. The number of nitrogens with zero attached hydrogens (tertiary/aromatic N) is 1. The number of carboxylic acid groups (broad SMARTS) is 1. The number of hydrogen-bond donors (Lipinski definition) is 2. The molecule has 2 rings (SSSR count). The summed E-state index contributed by atoms with van der Waals surface area (Å²) in [4.78, 5) is 39.9. The lowest BCUT2D eigenvalue weighted by Crippen LogP contribution is -2.30. The van der Waals surface area contributed by atoms with Crippen LogP contribution in [0.25, 0.3) is 0 Å². The highest BCUT2D eigenvalue weighted by Gasteiger charge is 2.31. The zero-order valence-corrected chi connectivity index (χ0v) is 18.7. The van der Waals surface area contributed by atoms with Crippen molar-refractivity contribution in [1.29, 1.82) is 0 Å². The van der Waals surface area contributed by atoms with Gasteiger partial charge in [0.25, 0.3) is 0 Å². The number of aliphatic carboxylic acids is 1. The van der Waals surface area contributed by atoms with Gasteiger partial charge in [-0.3, -0.25) is 19.4 Å². The molecule has 1 heterocycles. The Morgan fingerprint density at radius 2 is 1.88 bits per heavy atom. The molecule has 0 radical (unpaired) electrons. The molecule has 2 N–H and O–H groups in total. The molecule has 0 aliphatic rings. The number of carboxylic acids is 1. The Hall–Kier alpha value is -3.43. The Bertz CT molecular complexity index is 995. The van der Waals surface area contributed by atoms with Crippen LogP contribution in [0.4, 0.5) is 13.2 Å². The van der Waals surface area contributed by atoms with Gasteiger partial charge in [0.1, 0.15) is 5.75 Å². The number of carbonyl (C=O) groups is 3. The average molecular weight is 480 g/mol. The van der Waals surface area contributed by atoms with E-state index in [0.29, 0.717) is 6.42 Å². The van der Waals surface area contributed by atoms with Crippen molar-refractivity contribution in [3.05, 3.63) is 59.4 Å². The standard InChI is InChI=1S/C24H27F3N2O5/c1-16-9-10-28-19(11-16)6-2-3-8-22(31)29-15-20(30)12-18(14-23(32)33)17-5-4-7-21(13-17)34-24(25,26)27/h4-5,7,9-11,13,18H,2-3,6,8,12,14-15H2,1H3,(H,29,31)(H,32,33). The van der Waals surface area contributed by atoms with Gasteiger partial charge in [-0.2, -0.15) is 0 Å². The van der Waals surface area contributed by atoms with E-state index < -0.39 is 36.2 Å². The fraction of sp³-hybridized carbons (Fsp3) is 0.417. The number of pyridine rings is 1. The van der Waals surface area contributed by atoms with E-state index in [0.717, 1.165) is 36.2 Å². The Balaban J connectivity index is 1.82. The number of nitrogens with one attached hydrogen (secondary N) is 1. The van der Waals surface area contributed by atoms with Crippen LogP contribution in [-0.4, -0.2) is 40.7 Å². The van der Waals surface area contributed by atoms with Crippen LogP contribution in [0.2, 0.25) is 0 Å². The van der Waals surface area contributed by atoms with Crippen LogP contribution >= 0.6 is 0 Å². The molecule has 0 aliphatic carbocycles. The molecule has 10 heteroatoms. The van der Waals surface area contributed by atoms with E-state index in [9.17, 15) is 27.6 Å². The van der Waals surface area contributed by atoms with E-state index in [1.165, 1.54) is 12.1 Å². The fourth-order valence-corrected chi connectivity index (χ4v) is 3.44. The van der Waals surface area contributed by atoms with Gasteiger partial charge in [0, 0.05) is 30.7 Å². The third-order valence-electron chi connectivity index (χ3n) is 5.00. The molecule has 2 aromatic rings. The Morgan fingerprint density at radius 1 is 1.12 bits per heavy atom. The molecule has 0 fully saturated rings. The van der Waals surface area contributed by atoms with Gasteiger partial charge < -0.3 is 15.2 Å². The number of halogens is 3. The van der Waals surface area contributed by atoms with E-state index in [4.69, 9.17) is 5.11 Å². The summed E-state index contributed by atoms with van der Waals surface area (Å²) in [6, 6.07) is 8.77. The Kier molecular flexibility index (Phi) is 10.0. The van der Waals surface area contributed by atoms with Crippen LogP contribution in [0.3, 0.4) is 0 Å². The van der Waals surface area contributed by atoms with Crippen molar-refractivity contribution < 1.29 is 37.4 Å². The maximum Gasteiger partial charge on any atom is 0.573 e. The number of unbranched alkanes of at least 4 members (excludes halogenated alkanes) is 1. The first-order chi connectivity index (χ1) is 16.0. The second-order valence-electron chi connectivity index (χ2n) is 7.97. The molecule has 0 aliphatic heterocycles. The summed E-state index contributed by atoms with van der Waals surface area (Å²) >= 11 is 0. The van der Waals surface area contributed by atoms with Gasteiger partial charge in [0.05, 0.1) is 13.0 Å². The van der Waals surface area contributed by atoms with Crippen molar-refractivity contribution >= 4 is 17.7 Å². The molecule has 34 heavy (non-hydrogen) atoms. The van der Waals surface area contributed by atoms with Crippen molar-refractivity contribution in [2.75, 3.05) is 6.54 Å². The van der Waals surface area contributed by atoms with E-state index in [2.05, 4.69) is 15.0 Å². The number of aromatic nitrogens is 1. The normalized spacial score (nSPS) is 12.1. The van der Waals surface area contributed by atoms with E-state index >= 15 is 0 Å². The number of alkyl halides is 3. The number of aryl methyl sites for hydroxylation is 2. The summed E-state index contributed by atoms with van der Waals surface area (Å²) in [6.07, 6.45) is -1.52. The smallest absolute Gasteiger partial charge is 0.481 e. The molecular formula is C24H27F3N2O5. The zero-order valence-electron chi connectivity index (χ0n) is 18.7. The van der Waals surface area contributed by atoms with Crippen molar-refractivity contribution in [1.82, 2.24) is 10.3 Å². The molecule has 0 spiro atoms. The number of Topliss-reactive ketones (excluding diaryl/α,β-unsaturated/α-hetero) is 1. The molecule has 1 atom stereocenters. The molecule has 1 aromatic carbocycles. The minimum Gasteiger partial charge on any atom is -0.481 e. The predicted octanol–water partition coefficient (Wildman–Crippen LogP) is 4.34. The zero-order chi connectivity index (χ0) is 25.1. The molecule has 7 nitrogen and oxygen atoms in total. The largest absolute Gasteiger partial charge is 0.573 e. The summed E-state index contributed by atoms with van der Waals surface area (Å²) in [6.45, 7) is 1.69. The number of hydrogen-bond acceptors (Lipinski definition) is 5. The number of ether oxygens (including phenoxy) is 1. The summed E-state index contributed by atoms with van der Waals surface area (Å²) in [7, 11) is 0. The highest BCUT2D eigenvalue weighted by atomic mass is 19.4. The van der Waals surface area contributed by atoms with Crippen LogP contribution < -0.4 is 10.1 Å². The number of benzene rings is 1.